The number of amides is 1. The second kappa shape index (κ2) is 8.88. The molecule has 1 aromatic heterocycles. The molecule has 0 spiro atoms. The lowest BCUT2D eigenvalue weighted by Crippen LogP contribution is -2.50. The van der Waals surface area contributed by atoms with E-state index in [0.717, 1.165) is 50.9 Å². The number of halogens is 1. The number of benzene rings is 1. The standard InChI is InChI=1S/C22H27FN2O3/c23-18-9-7-17(8-10-18)14-24-11-13-27-20(15-24)16-25(19-4-1-2-5-19)22(26)21-6-3-12-28-21/h3,6-10,12,19-20H,1-2,4-5,11,13-16H2/t20-/m1/s1. The zero-order chi connectivity index (χ0) is 19.3. The van der Waals surface area contributed by atoms with Crippen molar-refractivity contribution in [1.29, 1.82) is 0 Å². The Balaban J connectivity index is 1.41. The van der Waals surface area contributed by atoms with Crippen LogP contribution in [0.3, 0.4) is 0 Å². The van der Waals surface area contributed by atoms with Gasteiger partial charge in [0, 0.05) is 32.2 Å². The highest BCUT2D eigenvalue weighted by atomic mass is 19.1. The van der Waals surface area contributed by atoms with Gasteiger partial charge >= 0.3 is 0 Å². The van der Waals surface area contributed by atoms with E-state index < -0.39 is 0 Å². The van der Waals surface area contributed by atoms with Crippen molar-refractivity contribution in [2.75, 3.05) is 26.2 Å². The molecule has 2 aliphatic rings. The summed E-state index contributed by atoms with van der Waals surface area (Å²) in [6.07, 6.45) is 5.91. The van der Waals surface area contributed by atoms with Crippen LogP contribution in [0.1, 0.15) is 41.8 Å². The van der Waals surface area contributed by atoms with E-state index in [9.17, 15) is 9.18 Å². The minimum atomic E-state index is -0.216. The lowest BCUT2D eigenvalue weighted by molar-refractivity contribution is -0.0471. The Morgan fingerprint density at radius 3 is 2.68 bits per heavy atom. The quantitative estimate of drug-likeness (QED) is 0.759. The van der Waals surface area contributed by atoms with Crippen molar-refractivity contribution in [2.24, 2.45) is 0 Å². The second-order valence-corrected chi connectivity index (χ2v) is 7.73. The molecule has 1 aliphatic heterocycles. The summed E-state index contributed by atoms with van der Waals surface area (Å²) in [6, 6.07) is 10.4. The Kier molecular flexibility index (Phi) is 6.07. The fourth-order valence-corrected chi connectivity index (χ4v) is 4.26. The van der Waals surface area contributed by atoms with Gasteiger partial charge in [-0.05, 0) is 42.7 Å². The first kappa shape index (κ1) is 19.2. The molecule has 1 aromatic carbocycles. The highest BCUT2D eigenvalue weighted by molar-refractivity contribution is 5.91. The Hall–Kier alpha value is -2.18. The molecule has 6 heteroatoms. The summed E-state index contributed by atoms with van der Waals surface area (Å²) in [4.78, 5) is 17.3. The molecule has 1 atom stereocenters. The molecular weight excluding hydrogens is 359 g/mol. The summed E-state index contributed by atoms with van der Waals surface area (Å²) in [7, 11) is 0. The highest BCUT2D eigenvalue weighted by Gasteiger charge is 2.32. The predicted octanol–water partition coefficient (Wildman–Crippen LogP) is 3.70. The third-order valence-corrected chi connectivity index (χ3v) is 5.70. The highest BCUT2D eigenvalue weighted by Crippen LogP contribution is 2.26. The molecule has 150 valence electrons. The molecule has 1 saturated carbocycles. The lowest BCUT2D eigenvalue weighted by Gasteiger charge is -2.37. The molecule has 0 N–H and O–H groups in total. The number of hydrogen-bond donors (Lipinski definition) is 0. The van der Waals surface area contributed by atoms with Crippen LogP contribution in [-0.2, 0) is 11.3 Å². The fourth-order valence-electron chi connectivity index (χ4n) is 4.26. The van der Waals surface area contributed by atoms with Gasteiger partial charge < -0.3 is 14.1 Å². The third-order valence-electron chi connectivity index (χ3n) is 5.70. The first-order chi connectivity index (χ1) is 13.7. The van der Waals surface area contributed by atoms with Crippen molar-refractivity contribution in [1.82, 2.24) is 9.80 Å². The number of hydrogen-bond acceptors (Lipinski definition) is 4. The molecule has 28 heavy (non-hydrogen) atoms. The lowest BCUT2D eigenvalue weighted by atomic mass is 10.1. The van der Waals surface area contributed by atoms with Gasteiger partial charge in [0.25, 0.3) is 5.91 Å². The molecule has 2 heterocycles. The van der Waals surface area contributed by atoms with Gasteiger partial charge in [-0.1, -0.05) is 25.0 Å². The van der Waals surface area contributed by atoms with Crippen LogP contribution in [0.15, 0.2) is 47.1 Å². The zero-order valence-corrected chi connectivity index (χ0v) is 16.1. The molecule has 1 saturated heterocycles. The summed E-state index contributed by atoms with van der Waals surface area (Å²) in [5, 5.41) is 0. The number of ether oxygens (including phenoxy) is 1. The number of carbonyl (C=O) groups excluding carboxylic acids is 1. The smallest absolute Gasteiger partial charge is 0.289 e. The van der Waals surface area contributed by atoms with Crippen LogP contribution in [0.25, 0.3) is 0 Å². The Bertz CT molecular complexity index is 757. The fraction of sp³-hybridized carbons (Fsp3) is 0.500. The normalized spacial score (nSPS) is 21.1. The minimum Gasteiger partial charge on any atom is -0.459 e. The maximum Gasteiger partial charge on any atom is 0.289 e. The van der Waals surface area contributed by atoms with Crippen molar-refractivity contribution in [3.63, 3.8) is 0 Å². The number of furan rings is 1. The van der Waals surface area contributed by atoms with Crippen molar-refractivity contribution in [3.05, 3.63) is 59.8 Å². The number of carbonyl (C=O) groups is 1. The van der Waals surface area contributed by atoms with Gasteiger partial charge in [0.1, 0.15) is 5.82 Å². The second-order valence-electron chi connectivity index (χ2n) is 7.73. The minimum absolute atomic E-state index is 0.0336. The molecule has 1 amide bonds. The summed E-state index contributed by atoms with van der Waals surface area (Å²) >= 11 is 0. The Morgan fingerprint density at radius 2 is 1.96 bits per heavy atom. The monoisotopic (exact) mass is 386 g/mol. The maximum absolute atomic E-state index is 13.1. The van der Waals surface area contributed by atoms with Crippen LogP contribution in [-0.4, -0.2) is 54.1 Å². The van der Waals surface area contributed by atoms with Gasteiger partial charge in [0.05, 0.1) is 19.0 Å². The van der Waals surface area contributed by atoms with Gasteiger partial charge in [-0.3, -0.25) is 9.69 Å². The van der Waals surface area contributed by atoms with Crippen molar-refractivity contribution >= 4 is 5.91 Å². The van der Waals surface area contributed by atoms with Crippen LogP contribution in [0.4, 0.5) is 4.39 Å². The van der Waals surface area contributed by atoms with Crippen molar-refractivity contribution < 1.29 is 18.3 Å². The Morgan fingerprint density at radius 1 is 1.18 bits per heavy atom. The maximum atomic E-state index is 13.1. The van der Waals surface area contributed by atoms with E-state index in [2.05, 4.69) is 4.90 Å². The largest absolute Gasteiger partial charge is 0.459 e. The average molecular weight is 386 g/mol. The summed E-state index contributed by atoms with van der Waals surface area (Å²) in [5.41, 5.74) is 1.08. The van der Waals surface area contributed by atoms with Crippen LogP contribution < -0.4 is 0 Å². The molecular formula is C22H27FN2O3. The number of rotatable bonds is 6. The van der Waals surface area contributed by atoms with Crippen LogP contribution >= 0.6 is 0 Å². The molecule has 2 fully saturated rings. The van der Waals surface area contributed by atoms with Crippen LogP contribution in [0.2, 0.25) is 0 Å². The summed E-state index contributed by atoms with van der Waals surface area (Å²) < 4.78 is 24.5. The molecule has 0 radical (unpaired) electrons. The summed E-state index contributed by atoms with van der Waals surface area (Å²) in [5.74, 6) is 0.134. The van der Waals surface area contributed by atoms with Gasteiger partial charge in [-0.2, -0.15) is 0 Å². The molecule has 4 rings (SSSR count). The molecule has 5 nitrogen and oxygen atoms in total. The zero-order valence-electron chi connectivity index (χ0n) is 16.1. The number of nitrogens with zero attached hydrogens (tertiary/aromatic N) is 2. The molecule has 0 unspecified atom stereocenters. The van der Waals surface area contributed by atoms with Gasteiger partial charge in [-0.15, -0.1) is 0 Å². The van der Waals surface area contributed by atoms with E-state index in [4.69, 9.17) is 9.15 Å². The van der Waals surface area contributed by atoms with E-state index in [1.165, 1.54) is 12.1 Å². The molecule has 1 aliphatic carbocycles. The topological polar surface area (TPSA) is 45.9 Å². The van der Waals surface area contributed by atoms with E-state index in [1.54, 1.807) is 18.4 Å². The predicted molar refractivity (Wildman–Crippen MR) is 103 cm³/mol. The summed E-state index contributed by atoms with van der Waals surface area (Å²) in [6.45, 7) is 3.56. The van der Waals surface area contributed by atoms with Crippen molar-refractivity contribution in [3.8, 4) is 0 Å². The van der Waals surface area contributed by atoms with Crippen LogP contribution in [0, 0.1) is 5.82 Å². The SMILES string of the molecule is O=C(c1ccco1)N(C[C@H]1CN(Cc2ccc(F)cc2)CCO1)C1CCCC1. The molecule has 2 aromatic rings. The Labute approximate surface area is 165 Å². The molecule has 0 bridgehead atoms. The van der Waals surface area contributed by atoms with E-state index in [1.807, 2.05) is 17.0 Å². The number of morpholine rings is 1. The third kappa shape index (κ3) is 4.62. The van der Waals surface area contributed by atoms with Crippen molar-refractivity contribution in [2.45, 2.75) is 44.4 Å². The van der Waals surface area contributed by atoms with Gasteiger partial charge in [0.2, 0.25) is 0 Å². The first-order valence-corrected chi connectivity index (χ1v) is 10.1. The van der Waals surface area contributed by atoms with Gasteiger partial charge in [0.15, 0.2) is 5.76 Å². The average Bonchev–Trinajstić information content (AvgIpc) is 3.42. The van der Waals surface area contributed by atoms with Crippen LogP contribution in [0.5, 0.6) is 0 Å². The first-order valence-electron chi connectivity index (χ1n) is 10.1. The van der Waals surface area contributed by atoms with E-state index >= 15 is 0 Å². The van der Waals surface area contributed by atoms with Gasteiger partial charge in [-0.25, -0.2) is 4.39 Å². The van der Waals surface area contributed by atoms with E-state index in [0.29, 0.717) is 18.9 Å². The van der Waals surface area contributed by atoms with E-state index in [-0.39, 0.29) is 23.9 Å².